The number of halogens is 3. The van der Waals surface area contributed by atoms with Gasteiger partial charge in [0, 0.05) is 24.0 Å². The van der Waals surface area contributed by atoms with E-state index in [4.69, 9.17) is 16.2 Å². The number of fused-ring (bicyclic) bond motifs is 1. The lowest BCUT2D eigenvalue weighted by molar-refractivity contribution is -0.134. The Labute approximate surface area is 165 Å². The first-order chi connectivity index (χ1) is 13.8. The number of benzene rings is 2. The number of primary amides is 1. The summed E-state index contributed by atoms with van der Waals surface area (Å²) >= 11 is 0. The molecule has 5 nitrogen and oxygen atoms in total. The summed E-state index contributed by atoms with van der Waals surface area (Å²) in [5.74, 6) is -0.210. The van der Waals surface area contributed by atoms with Gasteiger partial charge in [0.15, 0.2) is 6.61 Å². The van der Waals surface area contributed by atoms with Crippen molar-refractivity contribution in [3.63, 3.8) is 0 Å². The summed E-state index contributed by atoms with van der Waals surface area (Å²) in [4.78, 5) is 15.4. The lowest BCUT2D eigenvalue weighted by Gasteiger charge is -2.18. The van der Waals surface area contributed by atoms with Gasteiger partial charge < -0.3 is 16.2 Å². The molecule has 152 valence electrons. The number of hydrogen-bond donors (Lipinski definition) is 2. The Morgan fingerprint density at radius 3 is 2.45 bits per heavy atom. The third-order valence-electron chi connectivity index (χ3n) is 4.44. The number of pyridine rings is 1. The highest BCUT2D eigenvalue weighted by molar-refractivity contribution is 5.97. The van der Waals surface area contributed by atoms with Crippen molar-refractivity contribution in [3.05, 3.63) is 59.8 Å². The van der Waals surface area contributed by atoms with Crippen molar-refractivity contribution in [2.24, 2.45) is 11.5 Å². The van der Waals surface area contributed by atoms with E-state index in [1.54, 1.807) is 18.2 Å². The van der Waals surface area contributed by atoms with E-state index in [2.05, 4.69) is 4.98 Å². The topological polar surface area (TPSA) is 91.2 Å². The van der Waals surface area contributed by atoms with E-state index in [9.17, 15) is 18.0 Å². The predicted octanol–water partition coefficient (Wildman–Crippen LogP) is 3.72. The molecule has 0 unspecified atom stereocenters. The summed E-state index contributed by atoms with van der Waals surface area (Å²) in [6.07, 6.45) is -5.53. The predicted molar refractivity (Wildman–Crippen MR) is 104 cm³/mol. The average Bonchev–Trinajstić information content (AvgIpc) is 2.69. The number of aryl methyl sites for hydroxylation is 1. The first-order valence-electron chi connectivity index (χ1n) is 8.97. The molecule has 3 rings (SSSR count). The largest absolute Gasteiger partial charge is 0.484 e. The maximum absolute atomic E-state index is 12.8. The van der Waals surface area contributed by atoms with Gasteiger partial charge >= 0.3 is 6.18 Å². The highest BCUT2D eigenvalue weighted by Gasteiger charge is 2.28. The van der Waals surface area contributed by atoms with Crippen LogP contribution >= 0.6 is 0 Å². The minimum absolute atomic E-state index is 0.0345. The summed E-state index contributed by atoms with van der Waals surface area (Å²) in [5.41, 5.74) is 14.0. The van der Waals surface area contributed by atoms with Crippen molar-refractivity contribution >= 4 is 16.8 Å². The average molecular weight is 403 g/mol. The van der Waals surface area contributed by atoms with Crippen LogP contribution in [0.1, 0.15) is 17.7 Å². The zero-order chi connectivity index (χ0) is 21.0. The molecule has 8 heteroatoms. The monoisotopic (exact) mass is 403 g/mol. The van der Waals surface area contributed by atoms with Crippen molar-refractivity contribution in [2.75, 3.05) is 6.61 Å². The fourth-order valence-electron chi connectivity index (χ4n) is 3.20. The Morgan fingerprint density at radius 1 is 1.10 bits per heavy atom. The third kappa shape index (κ3) is 5.03. The van der Waals surface area contributed by atoms with Crippen LogP contribution in [-0.4, -0.2) is 23.7 Å². The number of rotatable bonds is 7. The highest BCUT2D eigenvalue weighted by atomic mass is 19.4. The molecule has 1 heterocycles. The van der Waals surface area contributed by atoms with Gasteiger partial charge in [0.1, 0.15) is 5.75 Å². The summed E-state index contributed by atoms with van der Waals surface area (Å²) in [6.45, 7) is -0.250. The van der Waals surface area contributed by atoms with Crippen LogP contribution in [0.2, 0.25) is 0 Å². The number of nitrogens with zero attached hydrogens (tertiary/aromatic N) is 1. The van der Waals surface area contributed by atoms with Crippen molar-refractivity contribution in [1.29, 1.82) is 0 Å². The van der Waals surface area contributed by atoms with E-state index in [0.717, 1.165) is 5.56 Å². The molecule has 0 saturated carbocycles. The summed E-state index contributed by atoms with van der Waals surface area (Å²) < 4.78 is 43.8. The second-order valence-corrected chi connectivity index (χ2v) is 6.53. The van der Waals surface area contributed by atoms with Crippen LogP contribution < -0.4 is 16.2 Å². The number of ether oxygens (including phenoxy) is 1. The number of aromatic nitrogens is 1. The smallest absolute Gasteiger partial charge is 0.389 e. The molecule has 0 atom stereocenters. The van der Waals surface area contributed by atoms with Crippen LogP contribution in [0.5, 0.6) is 5.75 Å². The summed E-state index contributed by atoms with van der Waals surface area (Å²) in [6, 6.07) is 14.2. The molecule has 3 aromatic rings. The minimum Gasteiger partial charge on any atom is -0.484 e. The lowest BCUT2D eigenvalue weighted by Crippen LogP contribution is -2.20. The molecule has 0 fully saturated rings. The first kappa shape index (κ1) is 20.6. The van der Waals surface area contributed by atoms with Crippen molar-refractivity contribution < 1.29 is 22.7 Å². The fraction of sp³-hybridized carbons (Fsp3) is 0.238. The highest BCUT2D eigenvalue weighted by Crippen LogP contribution is 2.36. The number of amides is 1. The standard InChI is InChI=1S/C21H20F3N3O2/c22-21(23,24)9-8-18-16(11-25)20(13-4-2-1-3-5-13)15-10-14(29-12-19(26)28)6-7-17(15)27-18/h1-7,10H,8-9,11-12,25H2,(H2,26,28). The van der Waals surface area contributed by atoms with Crippen LogP contribution in [0.25, 0.3) is 22.0 Å². The zero-order valence-electron chi connectivity index (χ0n) is 15.5. The Balaban J connectivity index is 2.19. The van der Waals surface area contributed by atoms with Crippen LogP contribution in [0, 0.1) is 0 Å². The van der Waals surface area contributed by atoms with Crippen LogP contribution in [0.4, 0.5) is 13.2 Å². The molecule has 0 aliphatic rings. The van der Waals surface area contributed by atoms with Gasteiger partial charge in [-0.15, -0.1) is 0 Å². The van der Waals surface area contributed by atoms with E-state index in [0.29, 0.717) is 33.5 Å². The zero-order valence-corrected chi connectivity index (χ0v) is 15.5. The molecule has 0 saturated heterocycles. The Kier molecular flexibility index (Phi) is 6.03. The Bertz CT molecular complexity index is 1020. The summed E-state index contributed by atoms with van der Waals surface area (Å²) in [5, 5.41) is 0.675. The number of carbonyl (C=O) groups is 1. The van der Waals surface area contributed by atoms with Crippen LogP contribution in [0.3, 0.4) is 0 Å². The summed E-state index contributed by atoms with van der Waals surface area (Å²) in [7, 11) is 0. The van der Waals surface area contributed by atoms with Crippen LogP contribution in [0.15, 0.2) is 48.5 Å². The molecule has 2 aromatic carbocycles. The number of carbonyl (C=O) groups excluding carboxylic acids is 1. The molecule has 0 aliphatic heterocycles. The molecule has 0 bridgehead atoms. The second-order valence-electron chi connectivity index (χ2n) is 6.53. The second kappa shape index (κ2) is 8.48. The van der Waals surface area contributed by atoms with Gasteiger partial charge in [0.05, 0.1) is 5.52 Å². The molecular weight excluding hydrogens is 383 g/mol. The molecule has 0 spiro atoms. The van der Waals surface area contributed by atoms with Gasteiger partial charge in [0.2, 0.25) is 0 Å². The maximum atomic E-state index is 12.8. The van der Waals surface area contributed by atoms with Gasteiger partial charge in [0.25, 0.3) is 5.91 Å². The molecular formula is C21H20F3N3O2. The normalized spacial score (nSPS) is 11.6. The van der Waals surface area contributed by atoms with Crippen molar-refractivity contribution in [1.82, 2.24) is 4.98 Å². The molecule has 4 N–H and O–H groups in total. The minimum atomic E-state index is -4.29. The Hall–Kier alpha value is -3.13. The van der Waals surface area contributed by atoms with Crippen molar-refractivity contribution in [3.8, 4) is 16.9 Å². The van der Waals surface area contributed by atoms with Gasteiger partial charge in [-0.3, -0.25) is 9.78 Å². The molecule has 0 aliphatic carbocycles. The Morgan fingerprint density at radius 2 is 1.83 bits per heavy atom. The van der Waals surface area contributed by atoms with Gasteiger partial charge in [-0.25, -0.2) is 0 Å². The quantitative estimate of drug-likeness (QED) is 0.629. The van der Waals surface area contributed by atoms with Crippen LogP contribution in [-0.2, 0) is 17.8 Å². The molecule has 0 radical (unpaired) electrons. The number of nitrogens with two attached hydrogens (primary N) is 2. The molecule has 1 aromatic heterocycles. The first-order valence-corrected chi connectivity index (χ1v) is 8.97. The number of hydrogen-bond acceptors (Lipinski definition) is 4. The third-order valence-corrected chi connectivity index (χ3v) is 4.44. The van der Waals surface area contributed by atoms with Gasteiger partial charge in [-0.1, -0.05) is 30.3 Å². The lowest BCUT2D eigenvalue weighted by atomic mass is 9.92. The van der Waals surface area contributed by atoms with E-state index in [-0.39, 0.29) is 19.6 Å². The maximum Gasteiger partial charge on any atom is 0.389 e. The van der Waals surface area contributed by atoms with E-state index in [1.165, 1.54) is 0 Å². The fourth-order valence-corrected chi connectivity index (χ4v) is 3.20. The van der Waals surface area contributed by atoms with Gasteiger partial charge in [-0.05, 0) is 41.3 Å². The van der Waals surface area contributed by atoms with E-state index in [1.807, 2.05) is 30.3 Å². The van der Waals surface area contributed by atoms with Crippen molar-refractivity contribution in [2.45, 2.75) is 25.6 Å². The van der Waals surface area contributed by atoms with E-state index < -0.39 is 18.5 Å². The van der Waals surface area contributed by atoms with Gasteiger partial charge in [-0.2, -0.15) is 13.2 Å². The number of alkyl halides is 3. The SMILES string of the molecule is NCc1c(CCC(F)(F)F)nc2ccc(OCC(N)=O)cc2c1-c1ccccc1. The van der Waals surface area contributed by atoms with E-state index >= 15 is 0 Å². The molecule has 29 heavy (non-hydrogen) atoms. The molecule has 1 amide bonds.